The van der Waals surface area contributed by atoms with Gasteiger partial charge in [0.05, 0.1) is 12.2 Å². The molecule has 0 aromatic rings. The fraction of sp³-hybridized carbons (Fsp3) is 0.941. The maximum absolute atomic E-state index is 13.0. The number of likely N-dealkylation sites (tertiary alicyclic amines) is 1. The van der Waals surface area contributed by atoms with Crippen molar-refractivity contribution in [2.24, 2.45) is 11.3 Å². The Morgan fingerprint density at radius 1 is 1.24 bits per heavy atom. The first kappa shape index (κ1) is 15.3. The smallest absolute Gasteiger partial charge is 0.228 e. The predicted octanol–water partition coefficient (Wildman–Crippen LogP) is 2.18. The van der Waals surface area contributed by atoms with E-state index in [2.05, 4.69) is 24.1 Å². The van der Waals surface area contributed by atoms with E-state index in [-0.39, 0.29) is 11.0 Å². The third-order valence-electron chi connectivity index (χ3n) is 5.66. The Kier molecular flexibility index (Phi) is 4.28. The second kappa shape index (κ2) is 5.88. The molecule has 1 aliphatic carbocycles. The minimum Gasteiger partial charge on any atom is -0.372 e. The van der Waals surface area contributed by atoms with Crippen molar-refractivity contribution in [3.63, 3.8) is 0 Å². The van der Waals surface area contributed by atoms with Crippen molar-refractivity contribution < 1.29 is 9.53 Å². The summed E-state index contributed by atoms with van der Waals surface area (Å²) in [6, 6.07) is 0. The van der Waals surface area contributed by atoms with Crippen molar-refractivity contribution in [3.8, 4) is 0 Å². The molecule has 0 aromatic carbocycles. The van der Waals surface area contributed by atoms with Crippen LogP contribution in [-0.2, 0) is 9.53 Å². The number of piperidine rings is 1. The molecule has 1 spiro atoms. The van der Waals surface area contributed by atoms with Crippen molar-refractivity contribution in [2.45, 2.75) is 58.0 Å². The van der Waals surface area contributed by atoms with Crippen LogP contribution >= 0.6 is 0 Å². The van der Waals surface area contributed by atoms with Crippen molar-refractivity contribution >= 4 is 5.91 Å². The first-order valence-corrected chi connectivity index (χ1v) is 8.69. The quantitative estimate of drug-likeness (QED) is 0.867. The molecule has 21 heavy (non-hydrogen) atoms. The highest BCUT2D eigenvalue weighted by Gasteiger charge is 2.48. The summed E-state index contributed by atoms with van der Waals surface area (Å²) in [4.78, 5) is 15.1. The van der Waals surface area contributed by atoms with Gasteiger partial charge in [0, 0.05) is 31.6 Å². The van der Waals surface area contributed by atoms with Crippen LogP contribution in [0.15, 0.2) is 0 Å². The molecule has 3 fully saturated rings. The number of nitrogens with zero attached hydrogens (tertiary/aromatic N) is 1. The van der Waals surface area contributed by atoms with Crippen molar-refractivity contribution in [1.29, 1.82) is 0 Å². The summed E-state index contributed by atoms with van der Waals surface area (Å²) in [5.41, 5.74) is -0.0236. The number of nitrogens with one attached hydrogen (secondary N) is 1. The third kappa shape index (κ3) is 2.98. The Morgan fingerprint density at radius 3 is 2.43 bits per heavy atom. The first-order valence-electron chi connectivity index (χ1n) is 8.69. The van der Waals surface area contributed by atoms with Crippen molar-refractivity contribution in [2.75, 3.05) is 32.8 Å². The monoisotopic (exact) mass is 294 g/mol. The fourth-order valence-electron chi connectivity index (χ4n) is 4.37. The number of carbonyl (C=O) groups excluding carboxylic acids is 1. The Labute approximate surface area is 128 Å². The first-order chi connectivity index (χ1) is 10.1. The van der Waals surface area contributed by atoms with Gasteiger partial charge in [-0.05, 0) is 38.0 Å². The minimum absolute atomic E-state index is 0.000144. The molecular weight excluding hydrogens is 264 g/mol. The number of hydrogen-bond acceptors (Lipinski definition) is 3. The average molecular weight is 294 g/mol. The van der Waals surface area contributed by atoms with E-state index in [1.165, 1.54) is 6.42 Å². The molecule has 3 aliphatic rings. The number of rotatable bonds is 3. The molecule has 0 radical (unpaired) electrons. The third-order valence-corrected chi connectivity index (χ3v) is 5.66. The molecule has 2 saturated heterocycles. The number of hydrogen-bond donors (Lipinski definition) is 1. The van der Waals surface area contributed by atoms with Gasteiger partial charge in [-0.3, -0.25) is 4.79 Å². The lowest BCUT2D eigenvalue weighted by Gasteiger charge is -2.49. The van der Waals surface area contributed by atoms with Crippen LogP contribution in [-0.4, -0.2) is 49.2 Å². The van der Waals surface area contributed by atoms with E-state index < -0.39 is 0 Å². The van der Waals surface area contributed by atoms with E-state index in [0.717, 1.165) is 64.9 Å². The second-order valence-corrected chi connectivity index (χ2v) is 7.73. The standard InChI is InChI=1S/C17H30N2O2/c1-14(2)12-16(4-3-5-16)15(20)19-9-6-17(7-10-19)13-18-8-11-21-17/h14,18H,3-13H2,1-2H3. The largest absolute Gasteiger partial charge is 0.372 e. The van der Waals surface area contributed by atoms with Crippen LogP contribution in [0, 0.1) is 11.3 Å². The van der Waals surface area contributed by atoms with Crippen LogP contribution in [0.2, 0.25) is 0 Å². The molecule has 1 N–H and O–H groups in total. The zero-order valence-electron chi connectivity index (χ0n) is 13.6. The highest BCUT2D eigenvalue weighted by atomic mass is 16.5. The van der Waals surface area contributed by atoms with Crippen LogP contribution in [0.3, 0.4) is 0 Å². The summed E-state index contributed by atoms with van der Waals surface area (Å²) in [7, 11) is 0. The van der Waals surface area contributed by atoms with Gasteiger partial charge in [-0.15, -0.1) is 0 Å². The highest BCUT2D eigenvalue weighted by Crippen LogP contribution is 2.48. The van der Waals surface area contributed by atoms with E-state index in [9.17, 15) is 4.79 Å². The predicted molar refractivity (Wildman–Crippen MR) is 83.1 cm³/mol. The van der Waals surface area contributed by atoms with Gasteiger partial charge in [-0.25, -0.2) is 0 Å². The number of morpholine rings is 1. The van der Waals surface area contributed by atoms with Gasteiger partial charge in [-0.1, -0.05) is 20.3 Å². The van der Waals surface area contributed by atoms with Crippen LogP contribution in [0.5, 0.6) is 0 Å². The van der Waals surface area contributed by atoms with Gasteiger partial charge < -0.3 is 15.0 Å². The number of carbonyl (C=O) groups is 1. The van der Waals surface area contributed by atoms with Crippen LogP contribution < -0.4 is 5.32 Å². The van der Waals surface area contributed by atoms with Gasteiger partial charge in [0.2, 0.25) is 5.91 Å². The molecule has 4 nitrogen and oxygen atoms in total. The zero-order chi connectivity index (χ0) is 14.9. The van der Waals surface area contributed by atoms with E-state index in [4.69, 9.17) is 4.74 Å². The van der Waals surface area contributed by atoms with Crippen molar-refractivity contribution in [3.05, 3.63) is 0 Å². The summed E-state index contributed by atoms with van der Waals surface area (Å²) in [6.45, 7) is 8.94. The molecule has 4 heteroatoms. The molecule has 3 rings (SSSR count). The molecule has 0 atom stereocenters. The topological polar surface area (TPSA) is 41.6 Å². The lowest BCUT2D eigenvalue weighted by atomic mass is 9.63. The fourth-order valence-corrected chi connectivity index (χ4v) is 4.37. The van der Waals surface area contributed by atoms with Crippen LogP contribution in [0.4, 0.5) is 0 Å². The molecule has 1 saturated carbocycles. The average Bonchev–Trinajstić information content (AvgIpc) is 2.44. The summed E-state index contributed by atoms with van der Waals surface area (Å²) in [5, 5.41) is 3.44. The molecular formula is C17H30N2O2. The Bertz CT molecular complexity index is 374. The van der Waals surface area contributed by atoms with Gasteiger partial charge in [-0.2, -0.15) is 0 Å². The Balaban J connectivity index is 1.59. The van der Waals surface area contributed by atoms with Gasteiger partial charge in [0.25, 0.3) is 0 Å². The Morgan fingerprint density at radius 2 is 1.95 bits per heavy atom. The maximum Gasteiger partial charge on any atom is 0.228 e. The molecule has 0 unspecified atom stereocenters. The second-order valence-electron chi connectivity index (χ2n) is 7.73. The molecule has 120 valence electrons. The van der Waals surface area contributed by atoms with E-state index >= 15 is 0 Å². The van der Waals surface area contributed by atoms with E-state index in [1.807, 2.05) is 0 Å². The lowest BCUT2D eigenvalue weighted by Crippen LogP contribution is -2.58. The van der Waals surface area contributed by atoms with E-state index in [0.29, 0.717) is 11.8 Å². The Hall–Kier alpha value is -0.610. The van der Waals surface area contributed by atoms with Crippen LogP contribution in [0.1, 0.15) is 52.4 Å². The molecule has 1 amide bonds. The molecule has 0 aromatic heterocycles. The van der Waals surface area contributed by atoms with Crippen LogP contribution in [0.25, 0.3) is 0 Å². The SMILES string of the molecule is CC(C)CC1(C(=O)N2CCC3(CC2)CNCCO3)CCC1. The molecule has 2 heterocycles. The number of amides is 1. The summed E-state index contributed by atoms with van der Waals surface area (Å²) < 4.78 is 6.02. The minimum atomic E-state index is -0.0235. The molecule has 2 aliphatic heterocycles. The van der Waals surface area contributed by atoms with E-state index in [1.54, 1.807) is 0 Å². The highest BCUT2D eigenvalue weighted by molar-refractivity contribution is 5.83. The van der Waals surface area contributed by atoms with Gasteiger partial charge >= 0.3 is 0 Å². The van der Waals surface area contributed by atoms with Crippen molar-refractivity contribution in [1.82, 2.24) is 10.2 Å². The molecule has 0 bridgehead atoms. The summed E-state index contributed by atoms with van der Waals surface area (Å²) in [5.74, 6) is 1.04. The van der Waals surface area contributed by atoms with Gasteiger partial charge in [0.15, 0.2) is 0 Å². The summed E-state index contributed by atoms with van der Waals surface area (Å²) >= 11 is 0. The maximum atomic E-state index is 13.0. The normalized spacial score (nSPS) is 27.7. The van der Waals surface area contributed by atoms with Gasteiger partial charge in [0.1, 0.15) is 0 Å². The summed E-state index contributed by atoms with van der Waals surface area (Å²) in [6.07, 6.45) is 6.47. The zero-order valence-corrected chi connectivity index (χ0v) is 13.6. The number of ether oxygens (including phenoxy) is 1. The lowest BCUT2D eigenvalue weighted by molar-refractivity contribution is -0.156.